The average molecular weight is 446 g/mol. The molecule has 3 rings (SSSR count). The second-order valence-corrected chi connectivity index (χ2v) is 7.07. The van der Waals surface area contributed by atoms with E-state index in [1.807, 2.05) is 0 Å². The predicted molar refractivity (Wildman–Crippen MR) is 111 cm³/mol. The van der Waals surface area contributed by atoms with Gasteiger partial charge in [-0.15, -0.1) is 0 Å². The first-order chi connectivity index (χ1) is 14.9. The molecule has 162 valence electrons. The average Bonchev–Trinajstić information content (AvgIpc) is 3.17. The van der Waals surface area contributed by atoms with Gasteiger partial charge in [0.2, 0.25) is 5.91 Å². The number of ether oxygens (including phenoxy) is 2. The van der Waals surface area contributed by atoms with Crippen molar-refractivity contribution in [2.24, 2.45) is 5.92 Å². The maximum Gasteiger partial charge on any atom is 0.311 e. The van der Waals surface area contributed by atoms with Crippen LogP contribution in [0, 0.1) is 5.92 Å². The summed E-state index contributed by atoms with van der Waals surface area (Å²) < 4.78 is 10.3. The Kier molecular flexibility index (Phi) is 7.09. The highest BCUT2D eigenvalue weighted by atomic mass is 35.5. The van der Waals surface area contributed by atoms with Gasteiger partial charge >= 0.3 is 5.97 Å². The Hall–Kier alpha value is -3.59. The Bertz CT molecular complexity index is 1010. The highest BCUT2D eigenvalue weighted by Gasteiger charge is 2.37. The number of benzene rings is 2. The molecule has 2 aromatic carbocycles. The summed E-state index contributed by atoms with van der Waals surface area (Å²) in [5, 5.41) is 0.228. The molecule has 0 aromatic heterocycles. The molecule has 0 spiro atoms. The number of carbonyl (C=O) groups excluding carboxylic acids is 4. The summed E-state index contributed by atoms with van der Waals surface area (Å²) in [7, 11) is 1.49. The summed E-state index contributed by atoms with van der Waals surface area (Å²) in [5.41, 5.74) is 5.08. The van der Waals surface area contributed by atoms with E-state index in [9.17, 15) is 19.2 Å². The van der Waals surface area contributed by atoms with Gasteiger partial charge in [0.1, 0.15) is 5.75 Å². The summed E-state index contributed by atoms with van der Waals surface area (Å²) in [6.45, 7) is -0.496. The second kappa shape index (κ2) is 9.94. The lowest BCUT2D eigenvalue weighted by Crippen LogP contribution is -2.44. The van der Waals surface area contributed by atoms with Crippen molar-refractivity contribution in [3.05, 3.63) is 59.1 Å². The Morgan fingerprint density at radius 3 is 2.55 bits per heavy atom. The van der Waals surface area contributed by atoms with Crippen LogP contribution in [0.25, 0.3) is 0 Å². The smallest absolute Gasteiger partial charge is 0.311 e. The molecule has 2 N–H and O–H groups in total. The molecule has 1 saturated heterocycles. The van der Waals surface area contributed by atoms with Crippen LogP contribution >= 0.6 is 11.6 Å². The van der Waals surface area contributed by atoms with Crippen LogP contribution in [-0.2, 0) is 19.1 Å². The van der Waals surface area contributed by atoms with Crippen LogP contribution < -0.4 is 20.5 Å². The zero-order valence-electron chi connectivity index (χ0n) is 16.6. The summed E-state index contributed by atoms with van der Waals surface area (Å²) in [4.78, 5) is 50.0. The van der Waals surface area contributed by atoms with Crippen molar-refractivity contribution in [3.8, 4) is 5.75 Å². The van der Waals surface area contributed by atoms with Gasteiger partial charge in [-0.2, -0.15) is 0 Å². The topological polar surface area (TPSA) is 114 Å². The monoisotopic (exact) mass is 445 g/mol. The molecule has 1 heterocycles. The Balaban J connectivity index is 1.48. The zero-order valence-corrected chi connectivity index (χ0v) is 17.3. The molecule has 0 saturated carbocycles. The van der Waals surface area contributed by atoms with Gasteiger partial charge in [0.25, 0.3) is 11.8 Å². The van der Waals surface area contributed by atoms with Crippen molar-refractivity contribution in [3.63, 3.8) is 0 Å². The number of anilines is 1. The van der Waals surface area contributed by atoms with Crippen LogP contribution in [0.4, 0.5) is 5.69 Å². The van der Waals surface area contributed by atoms with Crippen LogP contribution in [0.5, 0.6) is 5.75 Å². The fraction of sp³-hybridized carbons (Fsp3) is 0.238. The molecular formula is C21H20ClN3O6. The second-order valence-electron chi connectivity index (χ2n) is 6.67. The summed E-state index contributed by atoms with van der Waals surface area (Å²) in [6, 6.07) is 13.3. The number of hydrazine groups is 1. The van der Waals surface area contributed by atoms with E-state index in [2.05, 4.69) is 10.9 Å². The lowest BCUT2D eigenvalue weighted by molar-refractivity contribution is -0.152. The molecule has 1 aliphatic rings. The molecular weight excluding hydrogens is 426 g/mol. The van der Waals surface area contributed by atoms with E-state index in [0.29, 0.717) is 11.4 Å². The molecule has 0 unspecified atom stereocenters. The molecule has 3 amide bonds. The molecule has 2 aromatic rings. The zero-order chi connectivity index (χ0) is 22.4. The van der Waals surface area contributed by atoms with Crippen molar-refractivity contribution >= 4 is 41.0 Å². The highest BCUT2D eigenvalue weighted by Crippen LogP contribution is 2.33. The molecule has 0 bridgehead atoms. The van der Waals surface area contributed by atoms with Crippen molar-refractivity contribution in [1.29, 1.82) is 0 Å². The fourth-order valence-electron chi connectivity index (χ4n) is 3.08. The van der Waals surface area contributed by atoms with Crippen LogP contribution in [0.1, 0.15) is 16.8 Å². The number of halogens is 1. The van der Waals surface area contributed by atoms with Gasteiger partial charge in [0.15, 0.2) is 6.61 Å². The maximum atomic E-state index is 12.4. The minimum atomic E-state index is -0.736. The minimum Gasteiger partial charge on any atom is -0.495 e. The van der Waals surface area contributed by atoms with E-state index in [4.69, 9.17) is 21.1 Å². The number of hydrogen-bond donors (Lipinski definition) is 2. The quantitative estimate of drug-likeness (QED) is 0.517. The normalized spacial score (nSPS) is 15.4. The van der Waals surface area contributed by atoms with Crippen molar-refractivity contribution in [1.82, 2.24) is 10.9 Å². The number of para-hydroxylation sites is 2. The molecule has 1 atom stereocenters. The maximum absolute atomic E-state index is 12.4. The van der Waals surface area contributed by atoms with E-state index in [1.165, 1.54) is 24.1 Å². The minimum absolute atomic E-state index is 0.0399. The summed E-state index contributed by atoms with van der Waals surface area (Å²) in [5.74, 6) is -2.48. The summed E-state index contributed by atoms with van der Waals surface area (Å²) in [6.07, 6.45) is -0.0399. The van der Waals surface area contributed by atoms with Crippen LogP contribution in [0.2, 0.25) is 5.02 Å². The largest absolute Gasteiger partial charge is 0.495 e. The highest BCUT2D eigenvalue weighted by molar-refractivity contribution is 6.33. The number of methoxy groups -OCH3 is 1. The van der Waals surface area contributed by atoms with Gasteiger partial charge in [-0.3, -0.25) is 30.0 Å². The molecule has 1 fully saturated rings. The number of carbonyl (C=O) groups is 4. The third kappa shape index (κ3) is 5.32. The molecule has 0 radical (unpaired) electrons. The first kappa shape index (κ1) is 22.1. The Morgan fingerprint density at radius 2 is 1.81 bits per heavy atom. The number of nitrogens with one attached hydrogen (secondary N) is 2. The third-order valence-corrected chi connectivity index (χ3v) is 4.94. The lowest BCUT2D eigenvalue weighted by Gasteiger charge is -2.19. The first-order valence-electron chi connectivity index (χ1n) is 9.34. The SMILES string of the molecule is COc1ccccc1N1C[C@@H](C(=O)OCC(=O)NNC(=O)c2ccccc2Cl)CC1=O. The van der Waals surface area contributed by atoms with Gasteiger partial charge in [0, 0.05) is 13.0 Å². The number of amides is 3. The van der Waals surface area contributed by atoms with Gasteiger partial charge in [-0.25, -0.2) is 0 Å². The van der Waals surface area contributed by atoms with Gasteiger partial charge in [0.05, 0.1) is 29.3 Å². The number of esters is 1. The van der Waals surface area contributed by atoms with Crippen LogP contribution in [0.3, 0.4) is 0 Å². The molecule has 31 heavy (non-hydrogen) atoms. The van der Waals surface area contributed by atoms with E-state index in [-0.39, 0.29) is 29.5 Å². The Morgan fingerprint density at radius 1 is 1.10 bits per heavy atom. The molecule has 9 nitrogen and oxygen atoms in total. The van der Waals surface area contributed by atoms with E-state index in [1.54, 1.807) is 36.4 Å². The van der Waals surface area contributed by atoms with Crippen molar-refractivity contribution in [2.45, 2.75) is 6.42 Å². The lowest BCUT2D eigenvalue weighted by atomic mass is 10.1. The van der Waals surface area contributed by atoms with E-state index in [0.717, 1.165) is 0 Å². The summed E-state index contributed by atoms with van der Waals surface area (Å²) >= 11 is 5.91. The van der Waals surface area contributed by atoms with Crippen molar-refractivity contribution in [2.75, 3.05) is 25.2 Å². The number of hydrogen-bond acceptors (Lipinski definition) is 6. The standard InChI is InChI=1S/C21H20ClN3O6/c1-30-17-9-5-4-8-16(17)25-11-13(10-19(25)27)21(29)31-12-18(26)23-24-20(28)14-6-2-3-7-15(14)22/h2-9,13H,10-12H2,1H3,(H,23,26)(H,24,28)/t13-/m0/s1. The third-order valence-electron chi connectivity index (χ3n) is 4.61. The van der Waals surface area contributed by atoms with Gasteiger partial charge in [-0.1, -0.05) is 35.9 Å². The number of nitrogens with zero attached hydrogens (tertiary/aromatic N) is 1. The molecule has 1 aliphatic heterocycles. The molecule has 10 heteroatoms. The van der Waals surface area contributed by atoms with Crippen LogP contribution in [0.15, 0.2) is 48.5 Å². The van der Waals surface area contributed by atoms with Crippen LogP contribution in [-0.4, -0.2) is 44.0 Å². The predicted octanol–water partition coefficient (Wildman–Crippen LogP) is 1.71. The van der Waals surface area contributed by atoms with E-state index >= 15 is 0 Å². The molecule has 0 aliphatic carbocycles. The van der Waals surface area contributed by atoms with E-state index < -0.39 is 30.3 Å². The first-order valence-corrected chi connectivity index (χ1v) is 9.72. The van der Waals surface area contributed by atoms with Gasteiger partial charge < -0.3 is 14.4 Å². The number of rotatable bonds is 6. The van der Waals surface area contributed by atoms with Crippen molar-refractivity contribution < 1.29 is 28.7 Å². The Labute approximate surface area is 183 Å². The fourth-order valence-corrected chi connectivity index (χ4v) is 3.30. The van der Waals surface area contributed by atoms with Gasteiger partial charge in [-0.05, 0) is 24.3 Å².